The molecule has 3 unspecified atom stereocenters. The van der Waals surface area contributed by atoms with Gasteiger partial charge in [-0.3, -0.25) is 10.2 Å². The zero-order valence-electron chi connectivity index (χ0n) is 18.5. The first kappa shape index (κ1) is 21.1. The second-order valence-electron chi connectivity index (χ2n) is 8.70. The Morgan fingerprint density at radius 1 is 1.16 bits per heavy atom. The monoisotopic (exact) mass is 416 g/mol. The summed E-state index contributed by atoms with van der Waals surface area (Å²) < 4.78 is 0. The van der Waals surface area contributed by atoms with Gasteiger partial charge in [-0.1, -0.05) is 62.4 Å². The van der Waals surface area contributed by atoms with Crippen LogP contribution in [0.5, 0.6) is 0 Å². The third kappa shape index (κ3) is 4.62. The van der Waals surface area contributed by atoms with Crippen molar-refractivity contribution in [1.29, 1.82) is 5.26 Å². The van der Waals surface area contributed by atoms with E-state index in [9.17, 15) is 5.26 Å². The third-order valence-electron chi connectivity index (χ3n) is 6.34. The first-order valence-electron chi connectivity index (χ1n) is 11.1. The number of para-hydroxylation sites is 1. The maximum absolute atomic E-state index is 9.43. The topological polar surface area (TPSA) is 66.4 Å². The highest BCUT2D eigenvalue weighted by Gasteiger charge is 2.35. The second-order valence-corrected chi connectivity index (χ2v) is 8.70. The van der Waals surface area contributed by atoms with Gasteiger partial charge in [-0.2, -0.15) is 5.26 Å². The van der Waals surface area contributed by atoms with Gasteiger partial charge in [0.05, 0.1) is 6.04 Å². The van der Waals surface area contributed by atoms with Crippen LogP contribution in [0.15, 0.2) is 72.1 Å². The quantitative estimate of drug-likeness (QED) is 0.376. The molecule has 6 heteroatoms. The summed E-state index contributed by atoms with van der Waals surface area (Å²) in [6, 6.07) is 8.75. The lowest BCUT2D eigenvalue weighted by Crippen LogP contribution is -2.63. The molecule has 3 N–H and O–H groups in total. The molecule has 0 bridgehead atoms. The number of aryl methyl sites for hydroxylation is 1. The van der Waals surface area contributed by atoms with E-state index in [-0.39, 0.29) is 12.3 Å². The number of allylic oxidation sites excluding steroid dienone is 4. The van der Waals surface area contributed by atoms with Crippen LogP contribution in [0.25, 0.3) is 0 Å². The number of hydrogen-bond donors (Lipinski definition) is 3. The molecule has 1 aromatic rings. The molecule has 2 heterocycles. The number of piperazine rings is 1. The molecule has 0 saturated carbocycles. The Hall–Kier alpha value is -3.17. The fourth-order valence-corrected chi connectivity index (χ4v) is 4.53. The standard InChI is InChI=1S/C25H32N6/c1-18(2)23-16-30(24-13-12-20-9-5-7-11-22(20)28-24)14-15-31(23)25(27-17-26)29-21-10-6-4-8-19(21)3/h4-13,18,22-23,25,27-29H,14-16H2,1-3H3. The maximum atomic E-state index is 9.43. The van der Waals surface area contributed by atoms with Crippen LogP contribution in [-0.4, -0.2) is 47.8 Å². The summed E-state index contributed by atoms with van der Waals surface area (Å²) in [4.78, 5) is 4.84. The number of nitrogens with zero attached hydrogens (tertiary/aromatic N) is 3. The Morgan fingerprint density at radius 2 is 2.00 bits per heavy atom. The van der Waals surface area contributed by atoms with E-state index in [4.69, 9.17) is 0 Å². The highest BCUT2D eigenvalue weighted by Crippen LogP contribution is 2.25. The van der Waals surface area contributed by atoms with Gasteiger partial charge in [0.25, 0.3) is 0 Å². The average Bonchev–Trinajstić information content (AvgIpc) is 2.79. The summed E-state index contributed by atoms with van der Waals surface area (Å²) in [5, 5.41) is 19.7. The number of fused-ring (bicyclic) bond motifs is 1. The highest BCUT2D eigenvalue weighted by atomic mass is 15.4. The van der Waals surface area contributed by atoms with Crippen molar-refractivity contribution in [2.75, 3.05) is 25.0 Å². The van der Waals surface area contributed by atoms with E-state index in [0.717, 1.165) is 25.3 Å². The van der Waals surface area contributed by atoms with Gasteiger partial charge in [0.2, 0.25) is 0 Å². The Balaban J connectivity index is 1.51. The lowest BCUT2D eigenvalue weighted by molar-refractivity contribution is 0.0312. The lowest BCUT2D eigenvalue weighted by atomic mass is 9.97. The van der Waals surface area contributed by atoms with Gasteiger partial charge in [0, 0.05) is 31.4 Å². The van der Waals surface area contributed by atoms with Crippen LogP contribution in [0.4, 0.5) is 5.69 Å². The summed E-state index contributed by atoms with van der Waals surface area (Å²) in [7, 11) is 0. The van der Waals surface area contributed by atoms with Crippen molar-refractivity contribution in [1.82, 2.24) is 20.4 Å². The summed E-state index contributed by atoms with van der Waals surface area (Å²) >= 11 is 0. The molecule has 2 aliphatic heterocycles. The molecule has 4 rings (SSSR count). The molecule has 31 heavy (non-hydrogen) atoms. The van der Waals surface area contributed by atoms with Gasteiger partial charge in [0.1, 0.15) is 5.82 Å². The minimum atomic E-state index is -0.244. The number of dihydropyridines is 1. The fourth-order valence-electron chi connectivity index (χ4n) is 4.53. The largest absolute Gasteiger partial charge is 0.361 e. The SMILES string of the molecule is Cc1ccccc1NC(NC#N)N1CCN(C2=CC=C3C=CC=CC3N2)CC1C(C)C. The van der Waals surface area contributed by atoms with Crippen molar-refractivity contribution < 1.29 is 0 Å². The molecule has 162 valence electrons. The van der Waals surface area contributed by atoms with Crippen molar-refractivity contribution >= 4 is 5.69 Å². The van der Waals surface area contributed by atoms with Crippen molar-refractivity contribution in [3.05, 3.63) is 77.7 Å². The van der Waals surface area contributed by atoms with E-state index in [1.807, 2.05) is 12.1 Å². The van der Waals surface area contributed by atoms with E-state index >= 15 is 0 Å². The summed E-state index contributed by atoms with van der Waals surface area (Å²) in [5.74, 6) is 1.62. The van der Waals surface area contributed by atoms with Gasteiger partial charge in [-0.15, -0.1) is 0 Å². The van der Waals surface area contributed by atoms with Crippen LogP contribution < -0.4 is 16.0 Å². The highest BCUT2D eigenvalue weighted by molar-refractivity contribution is 5.51. The maximum Gasteiger partial charge on any atom is 0.179 e. The van der Waals surface area contributed by atoms with Crippen molar-refractivity contribution in [3.63, 3.8) is 0 Å². The van der Waals surface area contributed by atoms with Crippen LogP contribution in [0.3, 0.4) is 0 Å². The first-order valence-corrected chi connectivity index (χ1v) is 11.1. The molecule has 1 fully saturated rings. The molecule has 6 nitrogen and oxygen atoms in total. The van der Waals surface area contributed by atoms with E-state index in [2.05, 4.69) is 101 Å². The zero-order valence-corrected chi connectivity index (χ0v) is 18.5. The number of benzene rings is 1. The number of rotatable bonds is 6. The van der Waals surface area contributed by atoms with Crippen molar-refractivity contribution in [3.8, 4) is 6.19 Å². The van der Waals surface area contributed by atoms with Crippen molar-refractivity contribution in [2.45, 2.75) is 39.1 Å². The molecular weight excluding hydrogens is 384 g/mol. The average molecular weight is 417 g/mol. The Bertz CT molecular complexity index is 951. The Labute approximate surface area is 185 Å². The third-order valence-corrected chi connectivity index (χ3v) is 6.34. The van der Waals surface area contributed by atoms with Crippen LogP contribution >= 0.6 is 0 Å². The van der Waals surface area contributed by atoms with Crippen LogP contribution in [0.1, 0.15) is 19.4 Å². The predicted molar refractivity (Wildman–Crippen MR) is 126 cm³/mol. The van der Waals surface area contributed by atoms with Gasteiger partial charge in [0.15, 0.2) is 12.5 Å². The Morgan fingerprint density at radius 3 is 2.77 bits per heavy atom. The van der Waals surface area contributed by atoms with E-state index < -0.39 is 0 Å². The van der Waals surface area contributed by atoms with E-state index in [1.165, 1.54) is 17.0 Å². The molecule has 0 radical (unpaired) electrons. The molecule has 0 spiro atoms. The molecule has 1 aliphatic carbocycles. The van der Waals surface area contributed by atoms with Crippen molar-refractivity contribution in [2.24, 2.45) is 5.92 Å². The predicted octanol–water partition coefficient (Wildman–Crippen LogP) is 3.27. The summed E-state index contributed by atoms with van der Waals surface area (Å²) in [6.07, 6.45) is 14.9. The molecule has 3 atom stereocenters. The normalized spacial score (nSPS) is 23.9. The number of anilines is 1. The summed E-state index contributed by atoms with van der Waals surface area (Å²) in [5.41, 5.74) is 3.51. The summed E-state index contributed by atoms with van der Waals surface area (Å²) in [6.45, 7) is 9.27. The number of nitrogens with one attached hydrogen (secondary N) is 3. The van der Waals surface area contributed by atoms with Gasteiger partial charge < -0.3 is 15.5 Å². The van der Waals surface area contributed by atoms with Crippen LogP contribution in [0.2, 0.25) is 0 Å². The number of hydrogen-bond acceptors (Lipinski definition) is 6. The van der Waals surface area contributed by atoms with E-state index in [0.29, 0.717) is 12.0 Å². The van der Waals surface area contributed by atoms with Crippen LogP contribution in [0, 0.1) is 24.3 Å². The molecule has 1 aromatic carbocycles. The van der Waals surface area contributed by atoms with Gasteiger partial charge in [-0.05, 0) is 36.1 Å². The minimum Gasteiger partial charge on any atom is -0.361 e. The molecular formula is C25H32N6. The molecule has 1 saturated heterocycles. The smallest absolute Gasteiger partial charge is 0.179 e. The fraction of sp³-hybridized carbons (Fsp3) is 0.400. The van der Waals surface area contributed by atoms with E-state index in [1.54, 1.807) is 0 Å². The van der Waals surface area contributed by atoms with Gasteiger partial charge >= 0.3 is 0 Å². The second kappa shape index (κ2) is 9.32. The molecule has 0 amide bonds. The lowest BCUT2D eigenvalue weighted by Gasteiger charge is -2.48. The Kier molecular flexibility index (Phi) is 6.34. The molecule has 0 aromatic heterocycles. The first-order chi connectivity index (χ1) is 15.1. The van der Waals surface area contributed by atoms with Crippen LogP contribution in [-0.2, 0) is 0 Å². The van der Waals surface area contributed by atoms with Gasteiger partial charge in [-0.25, -0.2) is 0 Å². The zero-order chi connectivity index (χ0) is 21.8. The molecule has 3 aliphatic rings. The number of nitriles is 1. The minimum absolute atomic E-state index is 0.244.